The van der Waals surface area contributed by atoms with E-state index in [4.69, 9.17) is 20.8 Å². The zero-order valence-corrected chi connectivity index (χ0v) is 13.5. The Labute approximate surface area is 142 Å². The molecule has 0 aliphatic carbocycles. The predicted octanol–water partition coefficient (Wildman–Crippen LogP) is 3.59. The van der Waals surface area contributed by atoms with E-state index in [0.717, 1.165) is 5.56 Å². The van der Waals surface area contributed by atoms with Crippen molar-refractivity contribution in [2.75, 3.05) is 11.9 Å². The quantitative estimate of drug-likeness (QED) is 0.731. The van der Waals surface area contributed by atoms with E-state index < -0.39 is 18.5 Å². The first kappa shape index (κ1) is 16.0. The molecule has 0 atom stereocenters. The van der Waals surface area contributed by atoms with Crippen LogP contribution < -0.4 is 5.32 Å². The number of carbonyl (C=O) groups excluding carboxylic acids is 2. The molecule has 0 fully saturated rings. The van der Waals surface area contributed by atoms with Crippen molar-refractivity contribution in [2.45, 2.75) is 6.92 Å². The summed E-state index contributed by atoms with van der Waals surface area (Å²) < 4.78 is 10.1. The second-order valence-corrected chi connectivity index (χ2v) is 5.55. The van der Waals surface area contributed by atoms with Gasteiger partial charge in [0.05, 0.1) is 5.56 Å². The van der Waals surface area contributed by atoms with Crippen molar-refractivity contribution in [3.05, 3.63) is 58.9 Å². The van der Waals surface area contributed by atoms with Crippen molar-refractivity contribution >= 4 is 40.3 Å². The van der Waals surface area contributed by atoms with Crippen LogP contribution in [0.5, 0.6) is 0 Å². The second-order valence-electron chi connectivity index (χ2n) is 5.12. The van der Waals surface area contributed by atoms with Crippen LogP contribution in [0, 0.1) is 6.92 Å². The Kier molecular flexibility index (Phi) is 4.48. The molecule has 0 unspecified atom stereocenters. The molecule has 122 valence electrons. The van der Waals surface area contributed by atoms with Crippen molar-refractivity contribution in [2.24, 2.45) is 0 Å². The highest BCUT2D eigenvalue weighted by Gasteiger charge is 2.13. The summed E-state index contributed by atoms with van der Waals surface area (Å²) in [5.41, 5.74) is 2.83. The Hall–Kier alpha value is -2.86. The van der Waals surface area contributed by atoms with Crippen LogP contribution in [0.2, 0.25) is 5.02 Å². The Morgan fingerprint density at radius 1 is 1.25 bits per heavy atom. The zero-order chi connectivity index (χ0) is 17.1. The molecule has 1 N–H and O–H groups in total. The maximum atomic E-state index is 12.0. The van der Waals surface area contributed by atoms with Crippen molar-refractivity contribution in [1.82, 2.24) is 4.98 Å². The predicted molar refractivity (Wildman–Crippen MR) is 89.1 cm³/mol. The summed E-state index contributed by atoms with van der Waals surface area (Å²) >= 11 is 5.90. The van der Waals surface area contributed by atoms with E-state index in [1.54, 1.807) is 30.3 Å². The second kappa shape index (κ2) is 6.72. The monoisotopic (exact) mass is 344 g/mol. The van der Waals surface area contributed by atoms with E-state index >= 15 is 0 Å². The van der Waals surface area contributed by atoms with Gasteiger partial charge < -0.3 is 14.5 Å². The van der Waals surface area contributed by atoms with Gasteiger partial charge >= 0.3 is 5.97 Å². The standard InChI is InChI=1S/C17H13ClN2O4/c1-10-2-4-12(18)7-14(10)20-16(21)8-23-17(22)11-3-5-13-15(6-11)24-9-19-13/h2-7,9H,8H2,1H3,(H,20,21). The maximum Gasteiger partial charge on any atom is 0.338 e. The Bertz CT molecular complexity index is 920. The molecule has 3 rings (SSSR count). The zero-order valence-electron chi connectivity index (χ0n) is 12.7. The van der Waals surface area contributed by atoms with Crippen LogP contribution in [-0.2, 0) is 9.53 Å². The third-order valence-electron chi connectivity index (χ3n) is 3.38. The number of rotatable bonds is 4. The Morgan fingerprint density at radius 3 is 2.92 bits per heavy atom. The van der Waals surface area contributed by atoms with Crippen LogP contribution in [0.25, 0.3) is 11.1 Å². The average molecular weight is 345 g/mol. The van der Waals surface area contributed by atoms with Crippen LogP contribution in [0.3, 0.4) is 0 Å². The molecule has 24 heavy (non-hydrogen) atoms. The summed E-state index contributed by atoms with van der Waals surface area (Å²) in [6.07, 6.45) is 1.29. The van der Waals surface area contributed by atoms with E-state index in [1.807, 2.05) is 6.92 Å². The number of aromatic nitrogens is 1. The number of anilines is 1. The lowest BCUT2D eigenvalue weighted by Crippen LogP contribution is -2.21. The fraction of sp³-hybridized carbons (Fsp3) is 0.118. The summed E-state index contributed by atoms with van der Waals surface area (Å²) in [6.45, 7) is 1.43. The first-order valence-electron chi connectivity index (χ1n) is 7.09. The van der Waals surface area contributed by atoms with Gasteiger partial charge in [-0.1, -0.05) is 17.7 Å². The summed E-state index contributed by atoms with van der Waals surface area (Å²) in [7, 11) is 0. The number of halogens is 1. The summed E-state index contributed by atoms with van der Waals surface area (Å²) in [6, 6.07) is 9.87. The lowest BCUT2D eigenvalue weighted by molar-refractivity contribution is -0.119. The van der Waals surface area contributed by atoms with E-state index in [0.29, 0.717) is 21.8 Å². The highest BCUT2D eigenvalue weighted by atomic mass is 35.5. The largest absolute Gasteiger partial charge is 0.452 e. The van der Waals surface area contributed by atoms with Gasteiger partial charge in [-0.05, 0) is 42.8 Å². The average Bonchev–Trinajstić information content (AvgIpc) is 3.03. The number of aryl methyl sites for hydroxylation is 1. The van der Waals surface area contributed by atoms with Crippen molar-refractivity contribution in [3.8, 4) is 0 Å². The van der Waals surface area contributed by atoms with Gasteiger partial charge in [-0.25, -0.2) is 9.78 Å². The van der Waals surface area contributed by atoms with Crippen LogP contribution in [0.4, 0.5) is 5.69 Å². The molecular weight excluding hydrogens is 332 g/mol. The molecule has 2 aromatic carbocycles. The van der Waals surface area contributed by atoms with Crippen LogP contribution in [-0.4, -0.2) is 23.5 Å². The third kappa shape index (κ3) is 3.55. The first-order valence-corrected chi connectivity index (χ1v) is 7.47. The number of fused-ring (bicyclic) bond motifs is 1. The van der Waals surface area contributed by atoms with E-state index in [1.165, 1.54) is 12.5 Å². The number of nitrogens with one attached hydrogen (secondary N) is 1. The number of hydrogen-bond donors (Lipinski definition) is 1. The fourth-order valence-electron chi connectivity index (χ4n) is 2.11. The van der Waals surface area contributed by atoms with Crippen LogP contribution in [0.1, 0.15) is 15.9 Å². The van der Waals surface area contributed by atoms with Crippen molar-refractivity contribution in [3.63, 3.8) is 0 Å². The molecule has 0 spiro atoms. The van der Waals surface area contributed by atoms with Crippen molar-refractivity contribution in [1.29, 1.82) is 0 Å². The van der Waals surface area contributed by atoms with Gasteiger partial charge in [0.1, 0.15) is 5.52 Å². The van der Waals surface area contributed by atoms with Crippen LogP contribution >= 0.6 is 11.6 Å². The van der Waals surface area contributed by atoms with Gasteiger partial charge in [0.25, 0.3) is 5.91 Å². The normalized spacial score (nSPS) is 10.6. The number of amides is 1. The highest BCUT2D eigenvalue weighted by molar-refractivity contribution is 6.31. The van der Waals surface area contributed by atoms with Gasteiger partial charge in [-0.2, -0.15) is 0 Å². The number of nitrogens with zero attached hydrogens (tertiary/aromatic N) is 1. The van der Waals surface area contributed by atoms with E-state index in [9.17, 15) is 9.59 Å². The molecular formula is C17H13ClN2O4. The lowest BCUT2D eigenvalue weighted by Gasteiger charge is -2.09. The number of esters is 1. The van der Waals surface area contributed by atoms with Gasteiger partial charge in [-0.15, -0.1) is 0 Å². The minimum absolute atomic E-state index is 0.283. The number of hydrogen-bond acceptors (Lipinski definition) is 5. The van der Waals surface area contributed by atoms with Gasteiger partial charge in [0, 0.05) is 10.7 Å². The molecule has 1 heterocycles. The molecule has 0 saturated heterocycles. The summed E-state index contributed by atoms with van der Waals surface area (Å²) in [5.74, 6) is -1.07. The topological polar surface area (TPSA) is 81.4 Å². The first-order chi connectivity index (χ1) is 11.5. The molecule has 1 amide bonds. The maximum absolute atomic E-state index is 12.0. The summed E-state index contributed by atoms with van der Waals surface area (Å²) in [4.78, 5) is 27.9. The van der Waals surface area contributed by atoms with Gasteiger partial charge in [-0.3, -0.25) is 4.79 Å². The number of oxazole rings is 1. The smallest absolute Gasteiger partial charge is 0.338 e. The molecule has 6 nitrogen and oxygen atoms in total. The van der Waals surface area contributed by atoms with Gasteiger partial charge in [0.15, 0.2) is 18.6 Å². The molecule has 0 radical (unpaired) electrons. The molecule has 0 bridgehead atoms. The third-order valence-corrected chi connectivity index (χ3v) is 3.61. The summed E-state index contributed by atoms with van der Waals surface area (Å²) in [5, 5.41) is 3.16. The molecule has 7 heteroatoms. The number of carbonyl (C=O) groups is 2. The number of ether oxygens (including phenoxy) is 1. The fourth-order valence-corrected chi connectivity index (χ4v) is 2.28. The SMILES string of the molecule is Cc1ccc(Cl)cc1NC(=O)COC(=O)c1ccc2ncoc2c1. The Balaban J connectivity index is 1.61. The minimum Gasteiger partial charge on any atom is -0.452 e. The lowest BCUT2D eigenvalue weighted by atomic mass is 10.2. The molecule has 3 aromatic rings. The highest BCUT2D eigenvalue weighted by Crippen LogP contribution is 2.20. The molecule has 0 saturated carbocycles. The van der Waals surface area contributed by atoms with Crippen molar-refractivity contribution < 1.29 is 18.7 Å². The van der Waals surface area contributed by atoms with E-state index in [-0.39, 0.29) is 5.56 Å². The minimum atomic E-state index is -0.619. The van der Waals surface area contributed by atoms with E-state index in [2.05, 4.69) is 10.3 Å². The van der Waals surface area contributed by atoms with Crippen LogP contribution in [0.15, 0.2) is 47.2 Å². The molecule has 0 aliphatic heterocycles. The molecule has 1 aromatic heterocycles. The van der Waals surface area contributed by atoms with Gasteiger partial charge in [0.2, 0.25) is 0 Å². The number of benzene rings is 2. The Morgan fingerprint density at radius 2 is 2.08 bits per heavy atom. The molecule has 0 aliphatic rings.